The van der Waals surface area contributed by atoms with E-state index in [1.165, 1.54) is 11.3 Å². The number of anilines is 2. The summed E-state index contributed by atoms with van der Waals surface area (Å²) < 4.78 is 0. The quantitative estimate of drug-likeness (QED) is 0.796. The van der Waals surface area contributed by atoms with Crippen LogP contribution in [0.1, 0.15) is 51.9 Å². The lowest BCUT2D eigenvalue weighted by Gasteiger charge is -2.36. The van der Waals surface area contributed by atoms with Gasteiger partial charge in [-0.2, -0.15) is 0 Å². The number of nitrogens with one attached hydrogen (secondary N) is 2. The monoisotopic (exact) mass is 357 g/mol. The second-order valence-electron chi connectivity index (χ2n) is 7.17. The lowest BCUT2D eigenvalue weighted by Crippen LogP contribution is -2.58. The van der Waals surface area contributed by atoms with Gasteiger partial charge in [0.15, 0.2) is 6.04 Å². The summed E-state index contributed by atoms with van der Waals surface area (Å²) in [5.41, 5.74) is 1.18. The second kappa shape index (κ2) is 8.34. The van der Waals surface area contributed by atoms with Crippen LogP contribution in [0.2, 0.25) is 0 Å². The smallest absolute Gasteiger partial charge is 0.257 e. The Morgan fingerprint density at radius 3 is 2.65 bits per heavy atom. The predicted molar refractivity (Wildman–Crippen MR) is 101 cm³/mol. The molecule has 3 amide bonds. The zero-order valence-electron chi connectivity index (χ0n) is 15.3. The van der Waals surface area contributed by atoms with E-state index in [-0.39, 0.29) is 5.91 Å². The van der Waals surface area contributed by atoms with Gasteiger partial charge in [0, 0.05) is 13.0 Å². The van der Waals surface area contributed by atoms with Gasteiger partial charge in [0.1, 0.15) is 0 Å². The summed E-state index contributed by atoms with van der Waals surface area (Å²) in [7, 11) is 0. The molecule has 2 N–H and O–H groups in total. The number of carbonyl (C=O) groups excluding carboxylic acids is 3. The number of hydrogen-bond acceptors (Lipinski definition) is 3. The Bertz CT molecular complexity index is 683. The van der Waals surface area contributed by atoms with E-state index in [2.05, 4.69) is 10.6 Å². The molecule has 0 spiro atoms. The number of carbonyl (C=O) groups is 3. The van der Waals surface area contributed by atoms with Crippen LogP contribution in [0.4, 0.5) is 11.4 Å². The molecule has 0 radical (unpaired) electrons. The molecule has 0 saturated heterocycles. The topological polar surface area (TPSA) is 78.5 Å². The van der Waals surface area contributed by atoms with Crippen molar-refractivity contribution in [3.8, 4) is 0 Å². The summed E-state index contributed by atoms with van der Waals surface area (Å²) >= 11 is 0. The predicted octanol–water partition coefficient (Wildman–Crippen LogP) is 2.84. The fraction of sp³-hybridized carbons (Fsp3) is 0.550. The van der Waals surface area contributed by atoms with E-state index in [4.69, 9.17) is 0 Å². The minimum atomic E-state index is -1.15. The summed E-state index contributed by atoms with van der Waals surface area (Å²) in [4.78, 5) is 39.8. The van der Waals surface area contributed by atoms with Crippen molar-refractivity contribution in [1.29, 1.82) is 0 Å². The van der Waals surface area contributed by atoms with E-state index in [9.17, 15) is 14.4 Å². The fourth-order valence-corrected chi connectivity index (χ4v) is 3.84. The Kier molecular flexibility index (Phi) is 5.91. The summed E-state index contributed by atoms with van der Waals surface area (Å²) in [6.07, 6.45) is 6.76. The minimum absolute atomic E-state index is 0.143. The van der Waals surface area contributed by atoms with Crippen LogP contribution < -0.4 is 15.5 Å². The maximum Gasteiger partial charge on any atom is 0.257 e. The number of hydrogen-bond donors (Lipinski definition) is 2. The van der Waals surface area contributed by atoms with Crippen LogP contribution in [0, 0.1) is 5.92 Å². The molecule has 6 nitrogen and oxygen atoms in total. The SMILES string of the molecule is CCCNC(=O)C1C(=O)Nc2ccccc2N1C(=O)CC1CCCCC1. The van der Waals surface area contributed by atoms with Crippen LogP contribution in [0.25, 0.3) is 0 Å². The first kappa shape index (κ1) is 18.4. The van der Waals surface area contributed by atoms with E-state index >= 15 is 0 Å². The molecular formula is C20H27N3O3. The summed E-state index contributed by atoms with van der Waals surface area (Å²) in [5.74, 6) is -0.672. The molecule has 0 bridgehead atoms. The highest BCUT2D eigenvalue weighted by Gasteiger charge is 2.41. The minimum Gasteiger partial charge on any atom is -0.354 e. The Morgan fingerprint density at radius 2 is 1.92 bits per heavy atom. The Hall–Kier alpha value is -2.37. The largest absolute Gasteiger partial charge is 0.354 e. The first-order valence-corrected chi connectivity index (χ1v) is 9.61. The molecule has 1 aliphatic heterocycles. The zero-order valence-corrected chi connectivity index (χ0v) is 15.3. The van der Waals surface area contributed by atoms with Gasteiger partial charge in [0.05, 0.1) is 11.4 Å². The average Bonchev–Trinajstić information content (AvgIpc) is 2.65. The van der Waals surface area contributed by atoms with Crippen LogP contribution in [-0.2, 0) is 14.4 Å². The van der Waals surface area contributed by atoms with Crippen LogP contribution in [0.3, 0.4) is 0 Å². The molecular weight excluding hydrogens is 330 g/mol. The number of benzene rings is 1. The van der Waals surface area contributed by atoms with E-state index in [0.29, 0.717) is 30.3 Å². The van der Waals surface area contributed by atoms with E-state index in [0.717, 1.165) is 32.1 Å². The second-order valence-corrected chi connectivity index (χ2v) is 7.17. The van der Waals surface area contributed by atoms with Gasteiger partial charge >= 0.3 is 0 Å². The first-order chi connectivity index (χ1) is 12.6. The third-order valence-electron chi connectivity index (χ3n) is 5.18. The van der Waals surface area contributed by atoms with Crippen LogP contribution in [0.5, 0.6) is 0 Å². The molecule has 1 aromatic rings. The number of para-hydroxylation sites is 2. The van der Waals surface area contributed by atoms with Crippen molar-refractivity contribution in [2.75, 3.05) is 16.8 Å². The molecule has 26 heavy (non-hydrogen) atoms. The fourth-order valence-electron chi connectivity index (χ4n) is 3.84. The zero-order chi connectivity index (χ0) is 18.5. The van der Waals surface area contributed by atoms with Crippen LogP contribution >= 0.6 is 0 Å². The lowest BCUT2D eigenvalue weighted by molar-refractivity contribution is -0.132. The highest BCUT2D eigenvalue weighted by Crippen LogP contribution is 2.34. The highest BCUT2D eigenvalue weighted by atomic mass is 16.2. The van der Waals surface area contributed by atoms with Gasteiger partial charge in [-0.05, 0) is 37.3 Å². The molecule has 1 unspecified atom stereocenters. The van der Waals surface area contributed by atoms with E-state index < -0.39 is 17.9 Å². The van der Waals surface area contributed by atoms with Gasteiger partial charge in [0.2, 0.25) is 5.91 Å². The van der Waals surface area contributed by atoms with Crippen molar-refractivity contribution >= 4 is 29.1 Å². The third-order valence-corrected chi connectivity index (χ3v) is 5.18. The third kappa shape index (κ3) is 3.89. The molecule has 1 aromatic carbocycles. The van der Waals surface area contributed by atoms with Crippen molar-refractivity contribution in [1.82, 2.24) is 5.32 Å². The van der Waals surface area contributed by atoms with Gasteiger partial charge in [-0.1, -0.05) is 38.3 Å². The van der Waals surface area contributed by atoms with Crippen LogP contribution in [0.15, 0.2) is 24.3 Å². The molecule has 140 valence electrons. The maximum atomic E-state index is 13.1. The molecule has 1 atom stereocenters. The lowest BCUT2D eigenvalue weighted by atomic mass is 9.86. The molecule has 1 saturated carbocycles. The number of fused-ring (bicyclic) bond motifs is 1. The summed E-state index contributed by atoms with van der Waals surface area (Å²) in [6.45, 7) is 2.43. The van der Waals surface area contributed by atoms with Gasteiger partial charge < -0.3 is 10.6 Å². The molecule has 1 fully saturated rings. The Morgan fingerprint density at radius 1 is 1.19 bits per heavy atom. The first-order valence-electron chi connectivity index (χ1n) is 9.61. The van der Waals surface area contributed by atoms with Gasteiger partial charge in [0.25, 0.3) is 11.8 Å². The Balaban J connectivity index is 1.87. The van der Waals surface area contributed by atoms with Gasteiger partial charge in [-0.3, -0.25) is 19.3 Å². The number of amides is 3. The Labute approximate surface area is 154 Å². The van der Waals surface area contributed by atoms with Gasteiger partial charge in [-0.15, -0.1) is 0 Å². The van der Waals surface area contributed by atoms with Crippen molar-refractivity contribution < 1.29 is 14.4 Å². The van der Waals surface area contributed by atoms with Crippen molar-refractivity contribution in [2.24, 2.45) is 5.92 Å². The normalized spacial score (nSPS) is 20.3. The molecule has 2 aliphatic rings. The standard InChI is InChI=1S/C20H27N3O3/c1-2-12-21-19(25)18-20(26)22-15-10-6-7-11-16(15)23(18)17(24)13-14-8-4-3-5-9-14/h6-7,10-11,14,18H,2-5,8-9,12-13H2,1H3,(H,21,25)(H,22,26). The molecule has 0 aromatic heterocycles. The van der Waals surface area contributed by atoms with Crippen molar-refractivity contribution in [2.45, 2.75) is 57.9 Å². The summed E-state index contributed by atoms with van der Waals surface area (Å²) in [6, 6.07) is 6.02. The van der Waals surface area contributed by atoms with E-state index in [1.54, 1.807) is 18.2 Å². The maximum absolute atomic E-state index is 13.1. The number of nitrogens with zero attached hydrogens (tertiary/aromatic N) is 1. The molecule has 3 rings (SSSR count). The van der Waals surface area contributed by atoms with E-state index in [1.807, 2.05) is 13.0 Å². The van der Waals surface area contributed by atoms with Crippen LogP contribution in [-0.4, -0.2) is 30.3 Å². The average molecular weight is 357 g/mol. The van der Waals surface area contributed by atoms with Gasteiger partial charge in [-0.25, -0.2) is 0 Å². The van der Waals surface area contributed by atoms with Crippen molar-refractivity contribution in [3.05, 3.63) is 24.3 Å². The van der Waals surface area contributed by atoms with Crippen molar-refractivity contribution in [3.63, 3.8) is 0 Å². The molecule has 1 heterocycles. The summed E-state index contributed by atoms with van der Waals surface area (Å²) in [5, 5.41) is 5.52. The number of rotatable bonds is 5. The molecule has 6 heteroatoms. The molecule has 1 aliphatic carbocycles. The highest BCUT2D eigenvalue weighted by molar-refractivity contribution is 6.21.